The molecular formula is C20H27NO3Si. The lowest BCUT2D eigenvalue weighted by Crippen LogP contribution is -2.39. The van der Waals surface area contributed by atoms with Crippen LogP contribution in [0, 0.1) is 0 Å². The minimum Gasteiger partial charge on any atom is -0.443 e. The lowest BCUT2D eigenvalue weighted by molar-refractivity contribution is 0.0521. The average molecular weight is 358 g/mol. The average Bonchev–Trinajstić information content (AvgIpc) is 3.02. The number of hydrogen-bond donors (Lipinski definition) is 1. The molecule has 0 amide bonds. The Morgan fingerprint density at radius 2 is 1.80 bits per heavy atom. The number of rotatable bonds is 4. The van der Waals surface area contributed by atoms with Gasteiger partial charge in [-0.15, -0.1) is 0 Å². The van der Waals surface area contributed by atoms with Crippen LogP contribution in [0.4, 0.5) is 4.79 Å². The molecule has 0 saturated carbocycles. The highest BCUT2D eigenvalue weighted by Gasteiger charge is 2.23. The highest BCUT2D eigenvalue weighted by Crippen LogP contribution is 2.19. The molecule has 2 rings (SSSR count). The van der Waals surface area contributed by atoms with E-state index in [-0.39, 0.29) is 0 Å². The fourth-order valence-electron chi connectivity index (χ4n) is 2.51. The van der Waals surface area contributed by atoms with Crippen LogP contribution in [-0.4, -0.2) is 29.4 Å². The molecule has 4 nitrogen and oxygen atoms in total. The van der Waals surface area contributed by atoms with E-state index < -0.39 is 25.9 Å². The summed E-state index contributed by atoms with van der Waals surface area (Å²) in [5.74, 6) is 0. The van der Waals surface area contributed by atoms with E-state index in [9.17, 15) is 9.90 Å². The van der Waals surface area contributed by atoms with Gasteiger partial charge in [0, 0.05) is 6.20 Å². The predicted molar refractivity (Wildman–Crippen MR) is 104 cm³/mol. The molecule has 2 aromatic rings. The van der Waals surface area contributed by atoms with Crippen LogP contribution in [0.2, 0.25) is 13.1 Å². The van der Waals surface area contributed by atoms with Gasteiger partial charge in [0.15, 0.2) is 0 Å². The number of aromatic nitrogens is 1. The third-order valence-electron chi connectivity index (χ3n) is 3.89. The molecule has 1 atom stereocenters. The van der Waals surface area contributed by atoms with E-state index in [0.717, 1.165) is 0 Å². The molecule has 0 spiro atoms. The number of carbonyl (C=O) groups is 1. The van der Waals surface area contributed by atoms with E-state index >= 15 is 0 Å². The number of aliphatic hydroxyl groups excluding tert-OH is 1. The van der Waals surface area contributed by atoms with Gasteiger partial charge in [0.05, 0.1) is 5.69 Å². The molecule has 0 aliphatic heterocycles. The predicted octanol–water partition coefficient (Wildman–Crippen LogP) is 4.02. The van der Waals surface area contributed by atoms with E-state index in [1.54, 1.807) is 24.4 Å². The number of hydrogen-bond acceptors (Lipinski definition) is 3. The van der Waals surface area contributed by atoms with Crippen LogP contribution in [-0.2, 0) is 4.74 Å². The fourth-order valence-corrected chi connectivity index (χ4v) is 4.41. The Bertz CT molecular complexity index is 742. The molecule has 5 heteroatoms. The molecule has 0 radical (unpaired) electrons. The number of benzene rings is 1. The summed E-state index contributed by atoms with van der Waals surface area (Å²) >= 11 is 0. The van der Waals surface area contributed by atoms with E-state index in [0.29, 0.717) is 5.69 Å². The Kier molecular flexibility index (Phi) is 5.70. The lowest BCUT2D eigenvalue weighted by Gasteiger charge is -2.21. The van der Waals surface area contributed by atoms with Crippen molar-refractivity contribution in [2.45, 2.75) is 45.6 Å². The standard InChI is InChI=1S/C20H27NO3Si/c1-20(2,3)24-19(23)21-14-9-12-17(21)18(22)13-15-25(4,5)16-10-7-6-8-11-16/h6-15,18,22H,1-5H3/b15-13+. The zero-order valence-electron chi connectivity index (χ0n) is 15.6. The molecule has 1 unspecified atom stereocenters. The summed E-state index contributed by atoms with van der Waals surface area (Å²) in [6.07, 6.45) is 2.04. The third kappa shape index (κ3) is 5.18. The van der Waals surface area contributed by atoms with Crippen molar-refractivity contribution in [1.29, 1.82) is 0 Å². The van der Waals surface area contributed by atoms with Gasteiger partial charge >= 0.3 is 6.09 Å². The van der Waals surface area contributed by atoms with Crippen molar-refractivity contribution in [1.82, 2.24) is 4.57 Å². The summed E-state index contributed by atoms with van der Waals surface area (Å²) in [4.78, 5) is 12.3. The normalized spacial score (nSPS) is 13.8. The van der Waals surface area contributed by atoms with Crippen LogP contribution in [0.15, 0.2) is 60.4 Å². The molecule has 0 aliphatic rings. The molecule has 25 heavy (non-hydrogen) atoms. The van der Waals surface area contributed by atoms with Crippen LogP contribution in [0.3, 0.4) is 0 Å². The Morgan fingerprint density at radius 3 is 2.40 bits per heavy atom. The summed E-state index contributed by atoms with van der Waals surface area (Å²) in [5.41, 5.74) is 2.02. The van der Waals surface area contributed by atoms with Crippen LogP contribution < -0.4 is 5.19 Å². The van der Waals surface area contributed by atoms with Crippen LogP contribution in [0.5, 0.6) is 0 Å². The fraction of sp³-hybridized carbons (Fsp3) is 0.350. The van der Waals surface area contributed by atoms with E-state index in [1.807, 2.05) is 39.0 Å². The van der Waals surface area contributed by atoms with Gasteiger partial charge in [-0.3, -0.25) is 4.57 Å². The van der Waals surface area contributed by atoms with Crippen LogP contribution >= 0.6 is 0 Å². The summed E-state index contributed by atoms with van der Waals surface area (Å²) in [6, 6.07) is 13.8. The molecular weight excluding hydrogens is 330 g/mol. The molecule has 1 aromatic carbocycles. The lowest BCUT2D eigenvalue weighted by atomic mass is 10.2. The van der Waals surface area contributed by atoms with Crippen molar-refractivity contribution in [2.24, 2.45) is 0 Å². The topological polar surface area (TPSA) is 51.5 Å². The molecule has 0 fully saturated rings. The third-order valence-corrected chi connectivity index (χ3v) is 6.73. The maximum absolute atomic E-state index is 12.3. The maximum atomic E-state index is 12.3. The van der Waals surface area contributed by atoms with Crippen molar-refractivity contribution in [3.8, 4) is 0 Å². The second-order valence-corrected chi connectivity index (χ2v) is 12.0. The van der Waals surface area contributed by atoms with E-state index in [1.165, 1.54) is 9.75 Å². The Balaban J connectivity index is 2.18. The van der Waals surface area contributed by atoms with Gasteiger partial charge in [0.1, 0.15) is 19.8 Å². The Labute approximate surface area is 150 Å². The van der Waals surface area contributed by atoms with Crippen LogP contribution in [0.25, 0.3) is 0 Å². The number of aliphatic hydroxyl groups is 1. The zero-order valence-corrected chi connectivity index (χ0v) is 16.6. The zero-order chi connectivity index (χ0) is 18.7. The summed E-state index contributed by atoms with van der Waals surface area (Å²) in [7, 11) is -1.80. The number of nitrogens with zero attached hydrogens (tertiary/aromatic N) is 1. The van der Waals surface area contributed by atoms with E-state index in [2.05, 4.69) is 30.9 Å². The minimum absolute atomic E-state index is 0.487. The highest BCUT2D eigenvalue weighted by molar-refractivity contribution is 6.93. The van der Waals surface area contributed by atoms with Crippen LogP contribution in [0.1, 0.15) is 32.6 Å². The quantitative estimate of drug-likeness (QED) is 0.841. The highest BCUT2D eigenvalue weighted by atomic mass is 28.3. The summed E-state index contributed by atoms with van der Waals surface area (Å²) in [6.45, 7) is 9.89. The van der Waals surface area contributed by atoms with E-state index in [4.69, 9.17) is 4.74 Å². The minimum atomic E-state index is -1.80. The number of ether oxygens (including phenoxy) is 1. The molecule has 134 valence electrons. The molecule has 1 N–H and O–H groups in total. The van der Waals surface area contributed by atoms with Gasteiger partial charge in [-0.1, -0.05) is 60.4 Å². The summed E-state index contributed by atoms with van der Waals surface area (Å²) < 4.78 is 6.74. The maximum Gasteiger partial charge on any atom is 0.418 e. The summed E-state index contributed by atoms with van der Waals surface area (Å²) in [5, 5.41) is 11.8. The number of carbonyl (C=O) groups excluding carboxylic acids is 1. The van der Waals surface area contributed by atoms with Crippen molar-refractivity contribution in [2.75, 3.05) is 0 Å². The van der Waals surface area contributed by atoms with Crippen molar-refractivity contribution >= 4 is 19.4 Å². The van der Waals surface area contributed by atoms with Crippen molar-refractivity contribution < 1.29 is 14.6 Å². The van der Waals surface area contributed by atoms with Gasteiger partial charge in [0.25, 0.3) is 0 Å². The second-order valence-electron chi connectivity index (χ2n) is 7.68. The molecule has 1 heterocycles. The monoisotopic (exact) mass is 357 g/mol. The molecule has 0 saturated heterocycles. The smallest absolute Gasteiger partial charge is 0.418 e. The largest absolute Gasteiger partial charge is 0.443 e. The Morgan fingerprint density at radius 1 is 1.16 bits per heavy atom. The van der Waals surface area contributed by atoms with Crippen molar-refractivity contribution in [3.05, 3.63) is 66.1 Å². The second kappa shape index (κ2) is 7.41. The first-order chi connectivity index (χ1) is 11.6. The van der Waals surface area contributed by atoms with Gasteiger partial charge in [-0.25, -0.2) is 4.79 Å². The van der Waals surface area contributed by atoms with Crippen molar-refractivity contribution in [3.63, 3.8) is 0 Å². The van der Waals surface area contributed by atoms with Gasteiger partial charge in [-0.05, 0) is 32.9 Å². The van der Waals surface area contributed by atoms with Gasteiger partial charge < -0.3 is 9.84 Å². The first kappa shape index (κ1) is 19.2. The first-order valence-electron chi connectivity index (χ1n) is 8.44. The Hall–Kier alpha value is -2.11. The molecule has 0 bridgehead atoms. The SMILES string of the molecule is CC(C)(C)OC(=O)n1cccc1C(O)/C=C/[Si](C)(C)c1ccccc1. The first-order valence-corrected chi connectivity index (χ1v) is 11.5. The van der Waals surface area contributed by atoms with Gasteiger partial charge in [0.2, 0.25) is 0 Å². The van der Waals surface area contributed by atoms with Gasteiger partial charge in [-0.2, -0.15) is 0 Å². The molecule has 0 aliphatic carbocycles. The molecule has 1 aromatic heterocycles.